The molecule has 25 heavy (non-hydrogen) atoms. The number of aryl methyl sites for hydroxylation is 1. The molecule has 0 aromatic carbocycles. The first-order chi connectivity index (χ1) is 12.3. The highest BCUT2D eigenvalue weighted by Crippen LogP contribution is 2.29. The van der Waals surface area contributed by atoms with Crippen LogP contribution in [0.15, 0.2) is 12.4 Å². The quantitative estimate of drug-likeness (QED) is 0.862. The van der Waals surface area contributed by atoms with E-state index in [4.69, 9.17) is 4.74 Å². The number of morpholine rings is 1. The Morgan fingerprint density at radius 1 is 1.16 bits per heavy atom. The van der Waals surface area contributed by atoms with Gasteiger partial charge in [0.2, 0.25) is 0 Å². The van der Waals surface area contributed by atoms with Gasteiger partial charge in [-0.05, 0) is 19.4 Å². The van der Waals surface area contributed by atoms with Crippen LogP contribution in [0.3, 0.4) is 0 Å². The Morgan fingerprint density at radius 2 is 2.04 bits per heavy atom. The zero-order valence-electron chi connectivity index (χ0n) is 14.9. The van der Waals surface area contributed by atoms with Crippen LogP contribution in [0.2, 0.25) is 0 Å². The number of likely N-dealkylation sites (tertiary alicyclic amines) is 1. The molecule has 0 spiro atoms. The van der Waals surface area contributed by atoms with E-state index in [9.17, 15) is 0 Å². The first-order valence-electron chi connectivity index (χ1n) is 9.18. The van der Waals surface area contributed by atoms with Crippen molar-refractivity contribution in [2.75, 3.05) is 39.4 Å². The highest BCUT2D eigenvalue weighted by atomic mass is 16.5. The fourth-order valence-electron chi connectivity index (χ4n) is 3.92. The van der Waals surface area contributed by atoms with Crippen LogP contribution in [0.4, 0.5) is 0 Å². The zero-order chi connectivity index (χ0) is 17.1. The third-order valence-corrected chi connectivity index (χ3v) is 5.36. The first kappa shape index (κ1) is 16.7. The van der Waals surface area contributed by atoms with Crippen LogP contribution < -0.4 is 0 Å². The summed E-state index contributed by atoms with van der Waals surface area (Å²) in [6.07, 6.45) is 6.31. The van der Waals surface area contributed by atoms with Crippen molar-refractivity contribution in [2.45, 2.75) is 31.8 Å². The number of rotatable bonds is 5. The van der Waals surface area contributed by atoms with Gasteiger partial charge in [0.1, 0.15) is 0 Å². The number of aromatic nitrogens is 5. The van der Waals surface area contributed by atoms with E-state index in [0.717, 1.165) is 52.5 Å². The molecule has 0 aliphatic carbocycles. The molecule has 136 valence electrons. The number of ether oxygens (including phenoxy) is 1. The maximum absolute atomic E-state index is 5.46. The van der Waals surface area contributed by atoms with Gasteiger partial charge in [-0.2, -0.15) is 5.10 Å². The molecule has 2 aliphatic heterocycles. The summed E-state index contributed by atoms with van der Waals surface area (Å²) in [6, 6.07) is 0. The summed E-state index contributed by atoms with van der Waals surface area (Å²) < 4.78 is 7.32. The molecule has 4 rings (SSSR count). The molecule has 0 bridgehead atoms. The minimum atomic E-state index is 0.522. The molecule has 2 aromatic heterocycles. The second-order valence-corrected chi connectivity index (χ2v) is 7.12. The second kappa shape index (κ2) is 7.63. The molecule has 8 heteroatoms. The van der Waals surface area contributed by atoms with Gasteiger partial charge < -0.3 is 4.74 Å². The average Bonchev–Trinajstić information content (AvgIpc) is 3.26. The number of nitrogens with zero attached hydrogens (tertiary/aromatic N) is 6. The number of aromatic amines is 1. The highest BCUT2D eigenvalue weighted by Gasteiger charge is 2.26. The van der Waals surface area contributed by atoms with E-state index >= 15 is 0 Å². The summed E-state index contributed by atoms with van der Waals surface area (Å²) in [6.45, 7) is 7.76. The number of nitrogens with one attached hydrogen (secondary N) is 1. The van der Waals surface area contributed by atoms with E-state index in [0.29, 0.717) is 5.92 Å². The third-order valence-electron chi connectivity index (χ3n) is 5.36. The molecule has 1 N–H and O–H groups in total. The van der Waals surface area contributed by atoms with Gasteiger partial charge in [0.15, 0.2) is 0 Å². The van der Waals surface area contributed by atoms with Crippen molar-refractivity contribution >= 4 is 0 Å². The Hall–Kier alpha value is -1.77. The largest absolute Gasteiger partial charge is 0.379 e. The summed E-state index contributed by atoms with van der Waals surface area (Å²) in [7, 11) is 1.96. The van der Waals surface area contributed by atoms with Crippen LogP contribution >= 0.6 is 0 Å². The third kappa shape index (κ3) is 3.91. The summed E-state index contributed by atoms with van der Waals surface area (Å²) in [5.41, 5.74) is 3.83. The van der Waals surface area contributed by atoms with Crippen molar-refractivity contribution in [3.05, 3.63) is 29.3 Å². The molecular weight excluding hydrogens is 318 g/mol. The minimum Gasteiger partial charge on any atom is -0.379 e. The van der Waals surface area contributed by atoms with Gasteiger partial charge in [-0.3, -0.25) is 19.6 Å². The normalized spacial score (nSPS) is 23.2. The van der Waals surface area contributed by atoms with Crippen LogP contribution in [0, 0.1) is 0 Å². The van der Waals surface area contributed by atoms with Gasteiger partial charge in [-0.15, -0.1) is 5.10 Å². The molecule has 1 atom stereocenters. The maximum atomic E-state index is 5.46. The lowest BCUT2D eigenvalue weighted by Crippen LogP contribution is -2.37. The van der Waals surface area contributed by atoms with Crippen molar-refractivity contribution in [3.63, 3.8) is 0 Å². The van der Waals surface area contributed by atoms with Gasteiger partial charge in [0, 0.05) is 56.9 Å². The predicted octanol–water partition coefficient (Wildman–Crippen LogP) is 0.750. The van der Waals surface area contributed by atoms with E-state index in [1.165, 1.54) is 29.8 Å². The fourth-order valence-corrected chi connectivity index (χ4v) is 3.92. The van der Waals surface area contributed by atoms with Gasteiger partial charge in [-0.25, -0.2) is 0 Å². The van der Waals surface area contributed by atoms with Crippen molar-refractivity contribution < 1.29 is 4.74 Å². The van der Waals surface area contributed by atoms with E-state index in [2.05, 4.69) is 30.3 Å². The molecular formula is C17H27N7O. The van der Waals surface area contributed by atoms with Crippen molar-refractivity contribution in [3.8, 4) is 0 Å². The van der Waals surface area contributed by atoms with E-state index in [1.807, 2.05) is 24.1 Å². The molecule has 2 fully saturated rings. The monoisotopic (exact) mass is 345 g/mol. The lowest BCUT2D eigenvalue weighted by atomic mass is 9.92. The molecule has 2 saturated heterocycles. The smallest absolute Gasteiger partial charge is 0.0738 e. The Kier molecular flexibility index (Phi) is 5.09. The summed E-state index contributed by atoms with van der Waals surface area (Å²) in [5.74, 6) is 0.522. The van der Waals surface area contributed by atoms with Crippen LogP contribution in [0.25, 0.3) is 0 Å². The van der Waals surface area contributed by atoms with Crippen molar-refractivity contribution in [1.82, 2.24) is 35.0 Å². The number of hydrogen-bond acceptors (Lipinski definition) is 6. The lowest BCUT2D eigenvalue weighted by molar-refractivity contribution is 0.0339. The van der Waals surface area contributed by atoms with Gasteiger partial charge in [0.05, 0.1) is 31.3 Å². The van der Waals surface area contributed by atoms with Crippen LogP contribution in [-0.2, 0) is 24.9 Å². The van der Waals surface area contributed by atoms with Crippen LogP contribution in [0.1, 0.15) is 35.7 Å². The Morgan fingerprint density at radius 3 is 2.84 bits per heavy atom. The van der Waals surface area contributed by atoms with Gasteiger partial charge in [-0.1, -0.05) is 5.21 Å². The first-order valence-corrected chi connectivity index (χ1v) is 9.18. The van der Waals surface area contributed by atoms with E-state index in [-0.39, 0.29) is 0 Å². The molecule has 2 aromatic rings. The van der Waals surface area contributed by atoms with Crippen molar-refractivity contribution in [1.29, 1.82) is 0 Å². The van der Waals surface area contributed by atoms with E-state index < -0.39 is 0 Å². The zero-order valence-corrected chi connectivity index (χ0v) is 14.9. The number of piperidine rings is 1. The Balaban J connectivity index is 1.41. The summed E-state index contributed by atoms with van der Waals surface area (Å²) >= 11 is 0. The highest BCUT2D eigenvalue weighted by molar-refractivity contribution is 5.21. The number of hydrogen-bond donors (Lipinski definition) is 1. The molecule has 2 aliphatic rings. The SMILES string of the molecule is Cn1nncc1CN1CCCC(c2[nH]ncc2CN2CCOCC2)C1. The summed E-state index contributed by atoms with van der Waals surface area (Å²) in [4.78, 5) is 4.96. The predicted molar refractivity (Wildman–Crippen MR) is 92.9 cm³/mol. The van der Waals surface area contributed by atoms with Crippen LogP contribution in [-0.4, -0.2) is 74.4 Å². The topological polar surface area (TPSA) is 75.1 Å². The Bertz CT molecular complexity index is 676. The van der Waals surface area contributed by atoms with Crippen molar-refractivity contribution in [2.24, 2.45) is 7.05 Å². The Labute approximate surface area is 148 Å². The number of H-pyrrole nitrogens is 1. The molecule has 0 amide bonds. The summed E-state index contributed by atoms with van der Waals surface area (Å²) in [5, 5.41) is 15.7. The fraction of sp³-hybridized carbons (Fsp3) is 0.706. The maximum Gasteiger partial charge on any atom is 0.0738 e. The second-order valence-electron chi connectivity index (χ2n) is 7.12. The molecule has 0 saturated carbocycles. The molecule has 0 radical (unpaired) electrons. The lowest BCUT2D eigenvalue weighted by Gasteiger charge is -2.33. The minimum absolute atomic E-state index is 0.522. The molecule has 8 nitrogen and oxygen atoms in total. The van der Waals surface area contributed by atoms with Gasteiger partial charge >= 0.3 is 0 Å². The average molecular weight is 345 g/mol. The standard InChI is InChI=1S/C17H27N7O/c1-22-16(10-19-21-22)13-24-4-2-3-14(11-24)17-15(9-18-20-17)12-23-5-7-25-8-6-23/h9-10,14H,2-8,11-13H2,1H3,(H,18,20). The molecule has 1 unspecified atom stereocenters. The molecule has 4 heterocycles. The van der Waals surface area contributed by atoms with E-state index in [1.54, 1.807) is 0 Å². The van der Waals surface area contributed by atoms with Gasteiger partial charge in [0.25, 0.3) is 0 Å². The van der Waals surface area contributed by atoms with Crippen LogP contribution in [0.5, 0.6) is 0 Å².